The smallest absolute Gasteiger partial charge is 0.0783 e. The van der Waals surface area contributed by atoms with Gasteiger partial charge >= 0.3 is 0 Å². The highest BCUT2D eigenvalue weighted by Crippen LogP contribution is 2.14. The first-order valence-electron chi connectivity index (χ1n) is 6.40. The normalized spacial score (nSPS) is 10.8. The quantitative estimate of drug-likeness (QED) is 0.821. The van der Waals surface area contributed by atoms with Crippen LogP contribution in [0.3, 0.4) is 0 Å². The van der Waals surface area contributed by atoms with Gasteiger partial charge in [0.2, 0.25) is 0 Å². The maximum Gasteiger partial charge on any atom is 0.0783 e. The Morgan fingerprint density at radius 2 is 2.06 bits per heavy atom. The summed E-state index contributed by atoms with van der Waals surface area (Å²) in [5, 5.41) is 11.5. The van der Waals surface area contributed by atoms with Crippen molar-refractivity contribution in [3.63, 3.8) is 0 Å². The molecule has 1 aromatic heterocycles. The lowest BCUT2D eigenvalue weighted by atomic mass is 10.1. The van der Waals surface area contributed by atoms with Crippen LogP contribution in [0.25, 0.3) is 5.69 Å². The average molecular weight is 244 g/mol. The fourth-order valence-electron chi connectivity index (χ4n) is 1.84. The molecular weight excluding hydrogens is 224 g/mol. The van der Waals surface area contributed by atoms with Gasteiger partial charge in [0.05, 0.1) is 17.6 Å². The molecule has 1 heterocycles. The number of rotatable bonds is 5. The van der Waals surface area contributed by atoms with Gasteiger partial charge in [0.25, 0.3) is 0 Å². The Balaban J connectivity index is 2.22. The number of nitrogens with one attached hydrogen (secondary N) is 1. The zero-order valence-electron chi connectivity index (χ0n) is 11.3. The molecule has 0 aliphatic carbocycles. The van der Waals surface area contributed by atoms with Crippen molar-refractivity contribution in [1.29, 1.82) is 0 Å². The fraction of sp³-hybridized carbons (Fsp3) is 0.429. The van der Waals surface area contributed by atoms with E-state index < -0.39 is 0 Å². The maximum atomic E-state index is 4.16. The van der Waals surface area contributed by atoms with Crippen molar-refractivity contribution in [1.82, 2.24) is 20.3 Å². The minimum Gasteiger partial charge on any atom is -0.311 e. The standard InChI is InChI=1S/C14H20N4/c1-4-7-15-9-14-10-16-17-18(14)13-6-5-11(2)12(3)8-13/h5-6,8,10,15H,4,7,9H2,1-3H3. The molecule has 0 unspecified atom stereocenters. The van der Waals surface area contributed by atoms with E-state index in [1.54, 1.807) is 0 Å². The molecule has 0 spiro atoms. The Labute approximate surface area is 108 Å². The molecule has 96 valence electrons. The van der Waals surface area contributed by atoms with Crippen LogP contribution in [0.1, 0.15) is 30.2 Å². The summed E-state index contributed by atoms with van der Waals surface area (Å²) in [6.45, 7) is 8.20. The van der Waals surface area contributed by atoms with Gasteiger partial charge in [-0.15, -0.1) is 5.10 Å². The van der Waals surface area contributed by atoms with Crippen molar-refractivity contribution >= 4 is 0 Å². The van der Waals surface area contributed by atoms with Crippen LogP contribution in [0.15, 0.2) is 24.4 Å². The first-order chi connectivity index (χ1) is 8.72. The summed E-state index contributed by atoms with van der Waals surface area (Å²) in [5.41, 5.74) is 4.73. The van der Waals surface area contributed by atoms with Gasteiger partial charge in [0, 0.05) is 6.54 Å². The maximum absolute atomic E-state index is 4.16. The first kappa shape index (κ1) is 12.8. The summed E-state index contributed by atoms with van der Waals surface area (Å²) in [5.74, 6) is 0. The molecule has 0 aliphatic heterocycles. The van der Waals surface area contributed by atoms with Gasteiger partial charge < -0.3 is 5.32 Å². The Morgan fingerprint density at radius 1 is 1.22 bits per heavy atom. The zero-order valence-corrected chi connectivity index (χ0v) is 11.3. The van der Waals surface area contributed by atoms with Crippen molar-refractivity contribution in [3.8, 4) is 5.69 Å². The van der Waals surface area contributed by atoms with E-state index in [-0.39, 0.29) is 0 Å². The highest BCUT2D eigenvalue weighted by atomic mass is 15.4. The lowest BCUT2D eigenvalue weighted by Gasteiger charge is -2.09. The molecular formula is C14H20N4. The lowest BCUT2D eigenvalue weighted by molar-refractivity contribution is 0.641. The molecule has 0 bridgehead atoms. The summed E-state index contributed by atoms with van der Waals surface area (Å²) >= 11 is 0. The average Bonchev–Trinajstić information content (AvgIpc) is 2.81. The van der Waals surface area contributed by atoms with Crippen LogP contribution < -0.4 is 5.32 Å². The minimum atomic E-state index is 0.799. The van der Waals surface area contributed by atoms with Crippen molar-refractivity contribution < 1.29 is 0 Å². The van der Waals surface area contributed by atoms with Crippen LogP contribution >= 0.6 is 0 Å². The molecule has 0 saturated carbocycles. The molecule has 2 aromatic rings. The Morgan fingerprint density at radius 3 is 2.78 bits per heavy atom. The zero-order chi connectivity index (χ0) is 13.0. The molecule has 18 heavy (non-hydrogen) atoms. The number of benzene rings is 1. The summed E-state index contributed by atoms with van der Waals surface area (Å²) < 4.78 is 1.90. The van der Waals surface area contributed by atoms with Gasteiger partial charge in [-0.05, 0) is 50.1 Å². The molecule has 0 aliphatic rings. The third-order valence-electron chi connectivity index (χ3n) is 3.09. The Hall–Kier alpha value is -1.68. The van der Waals surface area contributed by atoms with Crippen LogP contribution in [0.2, 0.25) is 0 Å². The minimum absolute atomic E-state index is 0.799. The molecule has 2 rings (SSSR count). The second kappa shape index (κ2) is 5.78. The number of hydrogen-bond acceptors (Lipinski definition) is 3. The van der Waals surface area contributed by atoms with Crippen molar-refractivity contribution in [2.45, 2.75) is 33.7 Å². The van der Waals surface area contributed by atoms with Gasteiger partial charge in [-0.1, -0.05) is 18.2 Å². The van der Waals surface area contributed by atoms with E-state index in [2.05, 4.69) is 54.6 Å². The van der Waals surface area contributed by atoms with Gasteiger partial charge in [-0.2, -0.15) is 0 Å². The van der Waals surface area contributed by atoms with Gasteiger partial charge in [-0.3, -0.25) is 0 Å². The highest BCUT2D eigenvalue weighted by molar-refractivity contribution is 5.39. The molecule has 1 N–H and O–H groups in total. The van der Waals surface area contributed by atoms with E-state index in [9.17, 15) is 0 Å². The monoisotopic (exact) mass is 244 g/mol. The van der Waals surface area contributed by atoms with Crippen LogP contribution in [0.5, 0.6) is 0 Å². The molecule has 0 amide bonds. The largest absolute Gasteiger partial charge is 0.311 e. The topological polar surface area (TPSA) is 42.7 Å². The van der Waals surface area contributed by atoms with Gasteiger partial charge in [0.1, 0.15) is 0 Å². The molecule has 0 saturated heterocycles. The van der Waals surface area contributed by atoms with E-state index in [1.165, 1.54) is 11.1 Å². The number of hydrogen-bond donors (Lipinski definition) is 1. The van der Waals surface area contributed by atoms with E-state index in [0.717, 1.165) is 30.9 Å². The van der Waals surface area contributed by atoms with Crippen LogP contribution in [-0.4, -0.2) is 21.5 Å². The summed E-state index contributed by atoms with van der Waals surface area (Å²) in [6, 6.07) is 6.35. The van der Waals surface area contributed by atoms with E-state index in [1.807, 2.05) is 10.9 Å². The van der Waals surface area contributed by atoms with E-state index >= 15 is 0 Å². The van der Waals surface area contributed by atoms with Crippen molar-refractivity contribution in [2.24, 2.45) is 0 Å². The van der Waals surface area contributed by atoms with Crippen LogP contribution in [0, 0.1) is 13.8 Å². The first-order valence-corrected chi connectivity index (χ1v) is 6.40. The molecule has 0 fully saturated rings. The predicted octanol–water partition coefficient (Wildman–Crippen LogP) is 2.38. The SMILES string of the molecule is CCCNCc1cnnn1-c1ccc(C)c(C)c1. The lowest BCUT2D eigenvalue weighted by Crippen LogP contribution is -2.16. The molecule has 4 heteroatoms. The molecule has 4 nitrogen and oxygen atoms in total. The van der Waals surface area contributed by atoms with E-state index in [4.69, 9.17) is 0 Å². The third-order valence-corrected chi connectivity index (χ3v) is 3.09. The van der Waals surface area contributed by atoms with Gasteiger partial charge in [0.15, 0.2) is 0 Å². The summed E-state index contributed by atoms with van der Waals surface area (Å²) in [6.07, 6.45) is 2.95. The summed E-state index contributed by atoms with van der Waals surface area (Å²) in [7, 11) is 0. The fourth-order valence-corrected chi connectivity index (χ4v) is 1.84. The number of aryl methyl sites for hydroxylation is 2. The number of nitrogens with zero attached hydrogens (tertiary/aromatic N) is 3. The van der Waals surface area contributed by atoms with Crippen molar-refractivity contribution in [3.05, 3.63) is 41.2 Å². The van der Waals surface area contributed by atoms with Crippen LogP contribution in [0.4, 0.5) is 0 Å². The van der Waals surface area contributed by atoms with Gasteiger partial charge in [-0.25, -0.2) is 4.68 Å². The van der Waals surface area contributed by atoms with Crippen LogP contribution in [-0.2, 0) is 6.54 Å². The predicted molar refractivity (Wildman–Crippen MR) is 72.8 cm³/mol. The molecule has 0 atom stereocenters. The third kappa shape index (κ3) is 2.76. The highest BCUT2D eigenvalue weighted by Gasteiger charge is 2.06. The second-order valence-corrected chi connectivity index (χ2v) is 4.58. The molecule has 0 radical (unpaired) electrons. The van der Waals surface area contributed by atoms with E-state index in [0.29, 0.717) is 0 Å². The van der Waals surface area contributed by atoms with Crippen molar-refractivity contribution in [2.75, 3.05) is 6.54 Å². The second-order valence-electron chi connectivity index (χ2n) is 4.58. The molecule has 1 aromatic carbocycles. The summed E-state index contributed by atoms with van der Waals surface area (Å²) in [4.78, 5) is 0. The number of aromatic nitrogens is 3. The Kier molecular flexibility index (Phi) is 4.10. The Bertz CT molecular complexity index is 516.